The van der Waals surface area contributed by atoms with Gasteiger partial charge in [0.05, 0.1) is 12.5 Å². The monoisotopic (exact) mass is 326 g/mol. The second-order valence-corrected chi connectivity index (χ2v) is 6.23. The van der Waals surface area contributed by atoms with Crippen molar-refractivity contribution in [2.45, 2.75) is 26.3 Å². The Morgan fingerprint density at radius 2 is 1.96 bits per heavy atom. The van der Waals surface area contributed by atoms with Gasteiger partial charge in [-0.05, 0) is 43.2 Å². The molecule has 0 saturated carbocycles. The van der Waals surface area contributed by atoms with E-state index < -0.39 is 0 Å². The summed E-state index contributed by atoms with van der Waals surface area (Å²) in [7, 11) is 0. The van der Waals surface area contributed by atoms with Crippen LogP contribution in [0.3, 0.4) is 0 Å². The number of aromatic amines is 1. The first-order valence-corrected chi connectivity index (χ1v) is 8.03. The Bertz CT molecular complexity index is 839. The quantitative estimate of drug-likeness (QED) is 0.726. The molecule has 0 spiro atoms. The third-order valence-electron chi connectivity index (χ3n) is 4.10. The number of carbonyl (C=O) groups excluding carboxylic acids is 1. The fourth-order valence-electron chi connectivity index (χ4n) is 2.86. The summed E-state index contributed by atoms with van der Waals surface area (Å²) in [6.45, 7) is 3.98. The molecule has 2 aromatic carbocycles. The Kier molecular flexibility index (Phi) is 4.39. The van der Waals surface area contributed by atoms with Crippen LogP contribution in [0.25, 0.3) is 10.9 Å². The molecule has 1 unspecified atom stereocenters. The molecular weight excluding hydrogens is 308 g/mol. The van der Waals surface area contributed by atoms with E-state index in [0.717, 1.165) is 27.7 Å². The van der Waals surface area contributed by atoms with Crippen molar-refractivity contribution in [3.05, 3.63) is 70.4 Å². The molecule has 0 fully saturated rings. The van der Waals surface area contributed by atoms with Crippen molar-refractivity contribution in [3.63, 3.8) is 0 Å². The van der Waals surface area contributed by atoms with Gasteiger partial charge in [0, 0.05) is 21.6 Å². The predicted molar refractivity (Wildman–Crippen MR) is 94.7 cm³/mol. The number of halogens is 1. The summed E-state index contributed by atoms with van der Waals surface area (Å²) >= 11 is 6.09. The van der Waals surface area contributed by atoms with E-state index in [9.17, 15) is 4.79 Å². The summed E-state index contributed by atoms with van der Waals surface area (Å²) in [6, 6.07) is 15.6. The first-order chi connectivity index (χ1) is 11.0. The average Bonchev–Trinajstić information content (AvgIpc) is 2.84. The molecule has 0 bridgehead atoms. The fourth-order valence-corrected chi connectivity index (χ4v) is 3.03. The predicted octanol–water partition coefficient (Wildman–Crippen LogP) is 4.55. The summed E-state index contributed by atoms with van der Waals surface area (Å²) < 4.78 is 0. The lowest BCUT2D eigenvalue weighted by Crippen LogP contribution is -2.28. The Morgan fingerprint density at radius 1 is 1.22 bits per heavy atom. The summed E-state index contributed by atoms with van der Waals surface area (Å²) in [6.07, 6.45) is 0.337. The maximum absolute atomic E-state index is 12.4. The van der Waals surface area contributed by atoms with Crippen LogP contribution < -0.4 is 5.32 Å². The summed E-state index contributed by atoms with van der Waals surface area (Å²) in [5.74, 6) is 0.00493. The highest BCUT2D eigenvalue weighted by Gasteiger charge is 2.15. The van der Waals surface area contributed by atoms with Gasteiger partial charge in [-0.2, -0.15) is 0 Å². The molecule has 0 saturated heterocycles. The molecule has 1 amide bonds. The number of aryl methyl sites for hydroxylation is 1. The van der Waals surface area contributed by atoms with Crippen molar-refractivity contribution in [2.75, 3.05) is 0 Å². The van der Waals surface area contributed by atoms with Gasteiger partial charge in [-0.15, -0.1) is 0 Å². The van der Waals surface area contributed by atoms with E-state index in [-0.39, 0.29) is 11.9 Å². The van der Waals surface area contributed by atoms with Gasteiger partial charge >= 0.3 is 0 Å². The number of benzene rings is 2. The summed E-state index contributed by atoms with van der Waals surface area (Å²) in [5.41, 5.74) is 4.11. The smallest absolute Gasteiger partial charge is 0.224 e. The van der Waals surface area contributed by atoms with Gasteiger partial charge in [-0.25, -0.2) is 0 Å². The SMILES string of the molecule is Cc1[nH]c2ccc(Cl)cc2c1CC(=O)NC(C)c1ccccc1. The third kappa shape index (κ3) is 3.40. The van der Waals surface area contributed by atoms with Crippen LogP contribution in [0.5, 0.6) is 0 Å². The number of rotatable bonds is 4. The number of aromatic nitrogens is 1. The van der Waals surface area contributed by atoms with Crippen LogP contribution in [0.2, 0.25) is 5.02 Å². The molecule has 118 valence electrons. The fraction of sp³-hybridized carbons (Fsp3) is 0.211. The molecule has 3 rings (SSSR count). The molecular formula is C19H19ClN2O. The Labute approximate surface area is 140 Å². The molecule has 0 aliphatic rings. The van der Waals surface area contributed by atoms with Gasteiger partial charge in [0.2, 0.25) is 5.91 Å². The van der Waals surface area contributed by atoms with Crippen LogP contribution in [0.4, 0.5) is 0 Å². The van der Waals surface area contributed by atoms with Gasteiger partial charge in [-0.1, -0.05) is 41.9 Å². The zero-order valence-corrected chi connectivity index (χ0v) is 13.9. The Balaban J connectivity index is 1.78. The van der Waals surface area contributed by atoms with Crippen LogP contribution in [0, 0.1) is 6.92 Å². The number of hydrogen-bond donors (Lipinski definition) is 2. The highest BCUT2D eigenvalue weighted by Crippen LogP contribution is 2.26. The van der Waals surface area contributed by atoms with Gasteiger partial charge in [-0.3, -0.25) is 4.79 Å². The van der Waals surface area contributed by atoms with Crippen LogP contribution in [0.1, 0.15) is 29.8 Å². The van der Waals surface area contributed by atoms with E-state index in [1.54, 1.807) is 0 Å². The summed E-state index contributed by atoms with van der Waals surface area (Å²) in [5, 5.41) is 4.74. The maximum atomic E-state index is 12.4. The van der Waals surface area contributed by atoms with Crippen LogP contribution in [0.15, 0.2) is 48.5 Å². The van der Waals surface area contributed by atoms with Crippen LogP contribution >= 0.6 is 11.6 Å². The third-order valence-corrected chi connectivity index (χ3v) is 4.33. The standard InChI is InChI=1S/C19H19ClN2O/c1-12(14-6-4-3-5-7-14)22-19(23)11-16-13(2)21-18-9-8-15(20)10-17(16)18/h3-10,12,21H,11H2,1-2H3,(H,22,23). The minimum absolute atomic E-state index is 0.00493. The number of H-pyrrole nitrogens is 1. The number of nitrogens with one attached hydrogen (secondary N) is 2. The molecule has 2 N–H and O–H groups in total. The topological polar surface area (TPSA) is 44.9 Å². The molecule has 1 aromatic heterocycles. The highest BCUT2D eigenvalue weighted by atomic mass is 35.5. The molecule has 0 aliphatic heterocycles. The van der Waals surface area contributed by atoms with Crippen molar-refractivity contribution in [1.82, 2.24) is 10.3 Å². The second kappa shape index (κ2) is 6.47. The average molecular weight is 327 g/mol. The van der Waals surface area contributed by atoms with E-state index in [4.69, 9.17) is 11.6 Å². The Hall–Kier alpha value is -2.26. The minimum atomic E-state index is -0.0159. The number of fused-ring (bicyclic) bond motifs is 1. The highest BCUT2D eigenvalue weighted by molar-refractivity contribution is 6.31. The van der Waals surface area contributed by atoms with Gasteiger partial charge in [0.15, 0.2) is 0 Å². The van der Waals surface area contributed by atoms with Gasteiger partial charge in [0.1, 0.15) is 0 Å². The van der Waals surface area contributed by atoms with Crippen molar-refractivity contribution >= 4 is 28.4 Å². The van der Waals surface area contributed by atoms with Crippen LogP contribution in [-0.2, 0) is 11.2 Å². The first kappa shape index (κ1) is 15.6. The van der Waals surface area contributed by atoms with Crippen molar-refractivity contribution < 1.29 is 4.79 Å². The second-order valence-electron chi connectivity index (χ2n) is 5.80. The van der Waals surface area contributed by atoms with E-state index in [0.29, 0.717) is 11.4 Å². The van der Waals surface area contributed by atoms with Gasteiger partial charge < -0.3 is 10.3 Å². The van der Waals surface area contributed by atoms with Crippen molar-refractivity contribution in [2.24, 2.45) is 0 Å². The zero-order valence-electron chi connectivity index (χ0n) is 13.2. The number of carbonyl (C=O) groups is 1. The van der Waals surface area contributed by atoms with Gasteiger partial charge in [0.25, 0.3) is 0 Å². The molecule has 1 atom stereocenters. The maximum Gasteiger partial charge on any atom is 0.224 e. The normalized spacial score (nSPS) is 12.3. The number of amides is 1. The number of hydrogen-bond acceptors (Lipinski definition) is 1. The van der Waals surface area contributed by atoms with Crippen molar-refractivity contribution in [1.29, 1.82) is 0 Å². The lowest BCUT2D eigenvalue weighted by Gasteiger charge is -2.14. The van der Waals surface area contributed by atoms with Crippen molar-refractivity contribution in [3.8, 4) is 0 Å². The molecule has 1 heterocycles. The molecule has 0 radical (unpaired) electrons. The molecule has 3 nitrogen and oxygen atoms in total. The van der Waals surface area contributed by atoms with E-state index in [1.807, 2.05) is 62.4 Å². The van der Waals surface area contributed by atoms with Crippen LogP contribution in [-0.4, -0.2) is 10.9 Å². The lowest BCUT2D eigenvalue weighted by molar-refractivity contribution is -0.121. The van der Waals surface area contributed by atoms with E-state index in [2.05, 4.69) is 10.3 Å². The zero-order chi connectivity index (χ0) is 16.4. The molecule has 4 heteroatoms. The molecule has 3 aromatic rings. The molecule has 0 aliphatic carbocycles. The molecule has 23 heavy (non-hydrogen) atoms. The largest absolute Gasteiger partial charge is 0.358 e. The summed E-state index contributed by atoms with van der Waals surface area (Å²) in [4.78, 5) is 15.7. The minimum Gasteiger partial charge on any atom is -0.358 e. The first-order valence-electron chi connectivity index (χ1n) is 7.65. The Morgan fingerprint density at radius 3 is 2.70 bits per heavy atom. The van der Waals surface area contributed by atoms with E-state index in [1.165, 1.54) is 0 Å². The van der Waals surface area contributed by atoms with E-state index >= 15 is 0 Å². The lowest BCUT2D eigenvalue weighted by atomic mass is 10.1.